The molecule has 7 heteroatoms. The molecule has 0 bridgehead atoms. The van der Waals surface area contributed by atoms with Crippen molar-refractivity contribution in [2.24, 2.45) is 0 Å². The molecule has 5 nitrogen and oxygen atoms in total. The van der Waals surface area contributed by atoms with E-state index >= 15 is 0 Å². The molecule has 0 aromatic rings. The van der Waals surface area contributed by atoms with Gasteiger partial charge < -0.3 is 9.16 Å². The number of hydrogen-bond donors (Lipinski definition) is 0. The molecule has 0 saturated heterocycles. The summed E-state index contributed by atoms with van der Waals surface area (Å²) >= 11 is 0. The van der Waals surface area contributed by atoms with E-state index in [0.29, 0.717) is 6.61 Å². The van der Waals surface area contributed by atoms with Crippen molar-refractivity contribution in [1.29, 1.82) is 0 Å². The summed E-state index contributed by atoms with van der Waals surface area (Å²) < 4.78 is 38.8. The Labute approximate surface area is 124 Å². The van der Waals surface area contributed by atoms with Crippen LogP contribution in [0.3, 0.4) is 0 Å². The molecule has 0 saturated carbocycles. The van der Waals surface area contributed by atoms with Gasteiger partial charge in [-0.3, -0.25) is 4.18 Å². The highest BCUT2D eigenvalue weighted by atomic mass is 32.2. The van der Waals surface area contributed by atoms with Crippen molar-refractivity contribution >= 4 is 18.4 Å². The van der Waals surface area contributed by atoms with Crippen molar-refractivity contribution in [3.8, 4) is 0 Å². The first-order valence-electron chi connectivity index (χ1n) is 6.60. The summed E-state index contributed by atoms with van der Waals surface area (Å²) in [6, 6.07) is 0. The van der Waals surface area contributed by atoms with Gasteiger partial charge in [0.05, 0.1) is 26.1 Å². The van der Waals surface area contributed by atoms with E-state index in [2.05, 4.69) is 40.4 Å². The van der Waals surface area contributed by atoms with Crippen LogP contribution in [0.25, 0.3) is 0 Å². The standard InChI is InChI=1S/C13H28O5SSi/c1-8-9-16-10-12(18-19(5,14)15)11-17-20(6,7)13(2,3)4/h8,12H,1,9-11H2,2-7H3. The summed E-state index contributed by atoms with van der Waals surface area (Å²) in [4.78, 5) is 0. The molecule has 20 heavy (non-hydrogen) atoms. The van der Waals surface area contributed by atoms with Gasteiger partial charge in [0, 0.05) is 0 Å². The molecule has 1 atom stereocenters. The second-order valence-electron chi connectivity index (χ2n) is 6.32. The zero-order valence-electron chi connectivity index (χ0n) is 13.4. The van der Waals surface area contributed by atoms with Gasteiger partial charge in [-0.25, -0.2) is 0 Å². The Morgan fingerprint density at radius 2 is 1.80 bits per heavy atom. The van der Waals surface area contributed by atoms with Gasteiger partial charge in [0.2, 0.25) is 0 Å². The van der Waals surface area contributed by atoms with Crippen LogP contribution in [-0.2, 0) is 23.5 Å². The van der Waals surface area contributed by atoms with E-state index in [-0.39, 0.29) is 18.3 Å². The lowest BCUT2D eigenvalue weighted by atomic mass is 10.2. The van der Waals surface area contributed by atoms with Crippen LogP contribution < -0.4 is 0 Å². The molecule has 0 spiro atoms. The van der Waals surface area contributed by atoms with Gasteiger partial charge in [0.15, 0.2) is 8.32 Å². The molecule has 0 aliphatic rings. The summed E-state index contributed by atoms with van der Waals surface area (Å²) in [6.45, 7) is 14.8. The third-order valence-electron chi connectivity index (χ3n) is 3.29. The maximum atomic E-state index is 11.3. The van der Waals surface area contributed by atoms with Crippen molar-refractivity contribution in [2.75, 3.05) is 26.1 Å². The second-order valence-corrected chi connectivity index (χ2v) is 12.7. The van der Waals surface area contributed by atoms with Crippen LogP contribution >= 0.6 is 0 Å². The van der Waals surface area contributed by atoms with E-state index in [9.17, 15) is 8.42 Å². The van der Waals surface area contributed by atoms with E-state index < -0.39 is 24.5 Å². The topological polar surface area (TPSA) is 61.8 Å². The second kappa shape index (κ2) is 7.70. The van der Waals surface area contributed by atoms with Gasteiger partial charge in [-0.15, -0.1) is 6.58 Å². The summed E-state index contributed by atoms with van der Waals surface area (Å²) in [7, 11) is -5.48. The van der Waals surface area contributed by atoms with Gasteiger partial charge in [-0.05, 0) is 18.1 Å². The molecule has 1 unspecified atom stereocenters. The Morgan fingerprint density at radius 3 is 2.20 bits per heavy atom. The average Bonchev–Trinajstić information content (AvgIpc) is 2.22. The number of ether oxygens (including phenoxy) is 1. The Balaban J connectivity index is 4.60. The first-order valence-corrected chi connectivity index (χ1v) is 11.3. The lowest BCUT2D eigenvalue weighted by molar-refractivity contribution is 0.0368. The van der Waals surface area contributed by atoms with Gasteiger partial charge >= 0.3 is 0 Å². The quantitative estimate of drug-likeness (QED) is 0.282. The van der Waals surface area contributed by atoms with Gasteiger partial charge in [-0.1, -0.05) is 26.8 Å². The largest absolute Gasteiger partial charge is 0.414 e. The fraction of sp³-hybridized carbons (Fsp3) is 0.846. The van der Waals surface area contributed by atoms with Crippen LogP contribution in [0.4, 0.5) is 0 Å². The van der Waals surface area contributed by atoms with Crippen LogP contribution in [0.15, 0.2) is 12.7 Å². The van der Waals surface area contributed by atoms with E-state index in [1.54, 1.807) is 6.08 Å². The Kier molecular flexibility index (Phi) is 7.62. The van der Waals surface area contributed by atoms with Crippen LogP contribution in [-0.4, -0.2) is 48.9 Å². The van der Waals surface area contributed by atoms with Crippen molar-refractivity contribution in [2.45, 2.75) is 45.0 Å². The van der Waals surface area contributed by atoms with Crippen molar-refractivity contribution < 1.29 is 21.8 Å². The molecule has 0 rings (SSSR count). The lowest BCUT2D eigenvalue weighted by Gasteiger charge is -2.37. The zero-order valence-corrected chi connectivity index (χ0v) is 15.2. The first-order chi connectivity index (χ1) is 8.89. The monoisotopic (exact) mass is 324 g/mol. The Hall–Kier alpha value is -0.213. The smallest absolute Gasteiger partial charge is 0.264 e. The average molecular weight is 325 g/mol. The van der Waals surface area contributed by atoms with Crippen LogP contribution in [0.1, 0.15) is 20.8 Å². The normalized spacial score (nSPS) is 15.1. The maximum Gasteiger partial charge on any atom is 0.264 e. The minimum atomic E-state index is -3.53. The third-order valence-corrected chi connectivity index (χ3v) is 8.41. The summed E-state index contributed by atoms with van der Waals surface area (Å²) in [5, 5.41) is 0.0601. The molecular formula is C13H28O5SSi. The predicted molar refractivity (Wildman–Crippen MR) is 83.9 cm³/mol. The van der Waals surface area contributed by atoms with Crippen molar-refractivity contribution in [1.82, 2.24) is 0 Å². The molecule has 0 radical (unpaired) electrons. The highest BCUT2D eigenvalue weighted by Crippen LogP contribution is 2.36. The molecule has 120 valence electrons. The Morgan fingerprint density at radius 1 is 1.25 bits per heavy atom. The van der Waals surface area contributed by atoms with E-state index in [1.165, 1.54) is 0 Å². The highest BCUT2D eigenvalue weighted by molar-refractivity contribution is 7.86. The predicted octanol–water partition coefficient (Wildman–Crippen LogP) is 2.56. The number of hydrogen-bond acceptors (Lipinski definition) is 5. The van der Waals surface area contributed by atoms with Crippen molar-refractivity contribution in [3.63, 3.8) is 0 Å². The summed E-state index contributed by atoms with van der Waals surface area (Å²) in [5.41, 5.74) is 0. The molecule has 0 heterocycles. The molecule has 0 aromatic heterocycles. The third kappa shape index (κ3) is 8.16. The van der Waals surface area contributed by atoms with Gasteiger partial charge in [-0.2, -0.15) is 8.42 Å². The van der Waals surface area contributed by atoms with E-state index in [4.69, 9.17) is 13.3 Å². The lowest BCUT2D eigenvalue weighted by Crippen LogP contribution is -2.44. The van der Waals surface area contributed by atoms with Crippen molar-refractivity contribution in [3.05, 3.63) is 12.7 Å². The molecule has 0 aliphatic heterocycles. The summed E-state index contributed by atoms with van der Waals surface area (Å²) in [6.07, 6.45) is 2.01. The first kappa shape index (κ1) is 19.8. The van der Waals surface area contributed by atoms with Gasteiger partial charge in [0.1, 0.15) is 6.10 Å². The fourth-order valence-corrected chi connectivity index (χ4v) is 2.79. The molecule has 0 amide bonds. The molecule has 0 aliphatic carbocycles. The van der Waals surface area contributed by atoms with Crippen LogP contribution in [0, 0.1) is 0 Å². The maximum absolute atomic E-state index is 11.3. The molecule has 0 fully saturated rings. The summed E-state index contributed by atoms with van der Waals surface area (Å²) in [5.74, 6) is 0. The highest BCUT2D eigenvalue weighted by Gasteiger charge is 2.37. The van der Waals surface area contributed by atoms with Crippen LogP contribution in [0.5, 0.6) is 0 Å². The van der Waals surface area contributed by atoms with Gasteiger partial charge in [0.25, 0.3) is 10.1 Å². The minimum absolute atomic E-state index is 0.0601. The number of rotatable bonds is 9. The molecule has 0 aromatic carbocycles. The van der Waals surface area contributed by atoms with E-state index in [0.717, 1.165) is 6.26 Å². The molecular weight excluding hydrogens is 296 g/mol. The minimum Gasteiger partial charge on any atom is -0.414 e. The van der Waals surface area contributed by atoms with Crippen LogP contribution in [0.2, 0.25) is 18.1 Å². The fourth-order valence-electron chi connectivity index (χ4n) is 1.15. The zero-order chi connectivity index (χ0) is 16.0. The van der Waals surface area contributed by atoms with E-state index in [1.807, 2.05) is 0 Å². The SMILES string of the molecule is C=CCOCC(CO[Si](C)(C)C(C)(C)C)OS(C)(=O)=O. The Bertz CT molecular complexity index is 397. The molecule has 0 N–H and O–H groups in total.